The lowest BCUT2D eigenvalue weighted by Gasteiger charge is -2.12. The van der Waals surface area contributed by atoms with Gasteiger partial charge in [0.1, 0.15) is 0 Å². The standard InChI is InChI=1S/C11H12BrNO2/c12-9-3-1-7(2-4-9)11(10(14)15)5-8(11)6-13/h1-4,8H,5-6,13H2,(H,14,15). The molecular formula is C11H12BrNO2. The molecule has 0 bridgehead atoms. The largest absolute Gasteiger partial charge is 0.481 e. The van der Waals surface area contributed by atoms with Crippen molar-refractivity contribution in [2.75, 3.05) is 6.54 Å². The molecule has 0 spiro atoms. The normalized spacial score (nSPS) is 28.8. The fraction of sp³-hybridized carbons (Fsp3) is 0.364. The molecular weight excluding hydrogens is 258 g/mol. The van der Waals surface area contributed by atoms with E-state index in [4.69, 9.17) is 5.73 Å². The zero-order chi connectivity index (χ0) is 11.1. The number of carboxylic acids is 1. The average Bonchev–Trinajstić information content (AvgIpc) is 2.94. The van der Waals surface area contributed by atoms with Crippen LogP contribution in [-0.2, 0) is 10.2 Å². The summed E-state index contributed by atoms with van der Waals surface area (Å²) >= 11 is 3.33. The molecule has 0 amide bonds. The van der Waals surface area contributed by atoms with Gasteiger partial charge in [-0.2, -0.15) is 0 Å². The molecule has 2 rings (SSSR count). The summed E-state index contributed by atoms with van der Waals surface area (Å²) in [5.41, 5.74) is 5.67. The lowest BCUT2D eigenvalue weighted by molar-refractivity contribution is -0.140. The highest BCUT2D eigenvalue weighted by atomic mass is 79.9. The number of nitrogens with two attached hydrogens (primary N) is 1. The Kier molecular flexibility index (Phi) is 2.56. The van der Waals surface area contributed by atoms with Crippen LogP contribution in [0.4, 0.5) is 0 Å². The quantitative estimate of drug-likeness (QED) is 0.879. The molecule has 0 aromatic heterocycles. The van der Waals surface area contributed by atoms with Crippen molar-refractivity contribution in [3.63, 3.8) is 0 Å². The van der Waals surface area contributed by atoms with E-state index in [9.17, 15) is 9.90 Å². The highest BCUT2D eigenvalue weighted by Gasteiger charge is 2.60. The Morgan fingerprint density at radius 2 is 2.13 bits per heavy atom. The van der Waals surface area contributed by atoms with Gasteiger partial charge in [-0.05, 0) is 36.6 Å². The zero-order valence-electron chi connectivity index (χ0n) is 8.11. The van der Waals surface area contributed by atoms with Crippen molar-refractivity contribution in [3.8, 4) is 0 Å². The number of hydrogen-bond acceptors (Lipinski definition) is 2. The predicted octanol–water partition coefficient (Wildman–Crippen LogP) is 1.75. The minimum atomic E-state index is -0.764. The molecule has 15 heavy (non-hydrogen) atoms. The van der Waals surface area contributed by atoms with Crippen LogP contribution in [0.3, 0.4) is 0 Å². The Bertz CT molecular complexity index is 390. The Morgan fingerprint density at radius 3 is 2.53 bits per heavy atom. The van der Waals surface area contributed by atoms with Crippen molar-refractivity contribution >= 4 is 21.9 Å². The van der Waals surface area contributed by atoms with Gasteiger partial charge in [-0.25, -0.2) is 0 Å². The molecule has 0 radical (unpaired) electrons. The highest BCUT2D eigenvalue weighted by Crippen LogP contribution is 2.54. The summed E-state index contributed by atoms with van der Waals surface area (Å²) in [5.74, 6) is -0.684. The van der Waals surface area contributed by atoms with Gasteiger partial charge in [0.15, 0.2) is 0 Å². The van der Waals surface area contributed by atoms with Gasteiger partial charge in [0, 0.05) is 4.47 Å². The fourth-order valence-corrected chi connectivity index (χ4v) is 2.36. The third kappa shape index (κ3) is 1.58. The van der Waals surface area contributed by atoms with Crippen LogP contribution in [0.1, 0.15) is 12.0 Å². The van der Waals surface area contributed by atoms with Crippen molar-refractivity contribution in [2.45, 2.75) is 11.8 Å². The summed E-state index contributed by atoms with van der Waals surface area (Å²) in [5, 5.41) is 9.26. The molecule has 0 saturated heterocycles. The van der Waals surface area contributed by atoms with E-state index in [-0.39, 0.29) is 5.92 Å². The van der Waals surface area contributed by atoms with Crippen molar-refractivity contribution in [1.82, 2.24) is 0 Å². The Morgan fingerprint density at radius 1 is 1.53 bits per heavy atom. The summed E-state index contributed by atoms with van der Waals surface area (Å²) in [6.45, 7) is 0.433. The van der Waals surface area contributed by atoms with E-state index in [0.29, 0.717) is 13.0 Å². The van der Waals surface area contributed by atoms with Crippen molar-refractivity contribution < 1.29 is 9.90 Å². The molecule has 0 aliphatic heterocycles. The molecule has 3 nitrogen and oxygen atoms in total. The van der Waals surface area contributed by atoms with Crippen LogP contribution >= 0.6 is 15.9 Å². The van der Waals surface area contributed by atoms with E-state index in [0.717, 1.165) is 10.0 Å². The molecule has 1 aliphatic carbocycles. The predicted molar refractivity (Wildman–Crippen MR) is 60.6 cm³/mol. The number of aliphatic carboxylic acids is 1. The van der Waals surface area contributed by atoms with Gasteiger partial charge < -0.3 is 10.8 Å². The van der Waals surface area contributed by atoms with Gasteiger partial charge in [-0.15, -0.1) is 0 Å². The monoisotopic (exact) mass is 269 g/mol. The molecule has 1 aliphatic rings. The number of carboxylic acid groups (broad SMARTS) is 1. The van der Waals surface area contributed by atoms with Crippen molar-refractivity contribution in [2.24, 2.45) is 11.7 Å². The molecule has 1 aromatic carbocycles. The molecule has 2 unspecified atom stereocenters. The highest BCUT2D eigenvalue weighted by molar-refractivity contribution is 9.10. The van der Waals surface area contributed by atoms with Crippen LogP contribution in [0, 0.1) is 5.92 Å². The number of halogens is 1. The molecule has 4 heteroatoms. The second kappa shape index (κ2) is 3.61. The summed E-state index contributed by atoms with van der Waals surface area (Å²) in [6, 6.07) is 7.44. The van der Waals surface area contributed by atoms with E-state index < -0.39 is 11.4 Å². The minimum absolute atomic E-state index is 0.0798. The van der Waals surface area contributed by atoms with E-state index in [1.54, 1.807) is 0 Å². The number of carbonyl (C=O) groups is 1. The smallest absolute Gasteiger partial charge is 0.314 e. The molecule has 80 valence electrons. The second-order valence-electron chi connectivity index (χ2n) is 3.92. The van der Waals surface area contributed by atoms with E-state index in [1.807, 2.05) is 24.3 Å². The Hall–Kier alpha value is -0.870. The third-order valence-electron chi connectivity index (χ3n) is 3.13. The Labute approximate surface area is 96.4 Å². The summed E-state index contributed by atoms with van der Waals surface area (Å²) in [7, 11) is 0. The van der Waals surface area contributed by atoms with E-state index in [1.165, 1.54) is 0 Å². The lowest BCUT2D eigenvalue weighted by atomic mass is 9.93. The maximum absolute atomic E-state index is 11.3. The molecule has 1 fully saturated rings. The third-order valence-corrected chi connectivity index (χ3v) is 3.66. The first-order chi connectivity index (χ1) is 7.11. The average molecular weight is 270 g/mol. The van der Waals surface area contributed by atoms with Crippen LogP contribution in [0.2, 0.25) is 0 Å². The van der Waals surface area contributed by atoms with Crippen molar-refractivity contribution in [3.05, 3.63) is 34.3 Å². The molecule has 0 heterocycles. The summed E-state index contributed by atoms with van der Waals surface area (Å²) in [6.07, 6.45) is 0.653. The second-order valence-corrected chi connectivity index (χ2v) is 4.84. The van der Waals surface area contributed by atoms with Crippen LogP contribution < -0.4 is 5.73 Å². The van der Waals surface area contributed by atoms with E-state index >= 15 is 0 Å². The van der Waals surface area contributed by atoms with E-state index in [2.05, 4.69) is 15.9 Å². The Balaban J connectivity index is 2.36. The summed E-state index contributed by atoms with van der Waals surface area (Å²) in [4.78, 5) is 11.3. The number of hydrogen-bond donors (Lipinski definition) is 2. The lowest BCUT2D eigenvalue weighted by Crippen LogP contribution is -2.25. The maximum Gasteiger partial charge on any atom is 0.314 e. The van der Waals surface area contributed by atoms with Gasteiger partial charge in [-0.3, -0.25) is 4.79 Å². The van der Waals surface area contributed by atoms with Crippen molar-refractivity contribution in [1.29, 1.82) is 0 Å². The van der Waals surface area contributed by atoms with Gasteiger partial charge in [0.05, 0.1) is 5.41 Å². The molecule has 2 atom stereocenters. The maximum atomic E-state index is 11.3. The molecule has 3 N–H and O–H groups in total. The SMILES string of the molecule is NCC1CC1(C(=O)O)c1ccc(Br)cc1. The molecule has 1 saturated carbocycles. The van der Waals surface area contributed by atoms with Crippen LogP contribution in [-0.4, -0.2) is 17.6 Å². The van der Waals surface area contributed by atoms with Crippen LogP contribution in [0.15, 0.2) is 28.7 Å². The first kappa shape index (κ1) is 10.6. The fourth-order valence-electron chi connectivity index (χ4n) is 2.10. The van der Waals surface area contributed by atoms with Crippen LogP contribution in [0.25, 0.3) is 0 Å². The number of rotatable bonds is 3. The van der Waals surface area contributed by atoms with Gasteiger partial charge in [0.2, 0.25) is 0 Å². The topological polar surface area (TPSA) is 63.3 Å². The zero-order valence-corrected chi connectivity index (χ0v) is 9.70. The van der Waals surface area contributed by atoms with Crippen LogP contribution in [0.5, 0.6) is 0 Å². The van der Waals surface area contributed by atoms with Gasteiger partial charge in [-0.1, -0.05) is 28.1 Å². The first-order valence-electron chi connectivity index (χ1n) is 4.81. The first-order valence-corrected chi connectivity index (χ1v) is 5.60. The van der Waals surface area contributed by atoms with Gasteiger partial charge >= 0.3 is 5.97 Å². The molecule has 1 aromatic rings. The van der Waals surface area contributed by atoms with Gasteiger partial charge in [0.25, 0.3) is 0 Å². The summed E-state index contributed by atoms with van der Waals surface area (Å²) < 4.78 is 0.955. The number of benzene rings is 1. The minimum Gasteiger partial charge on any atom is -0.481 e.